The van der Waals surface area contributed by atoms with E-state index >= 15 is 0 Å². The molecule has 0 spiro atoms. The summed E-state index contributed by atoms with van der Waals surface area (Å²) >= 11 is 1.23. The highest BCUT2D eigenvalue weighted by molar-refractivity contribution is 7.09. The van der Waals surface area contributed by atoms with Crippen molar-refractivity contribution in [2.24, 2.45) is 5.92 Å². The Kier molecular flexibility index (Phi) is 4.44. The average molecular weight is 254 g/mol. The first kappa shape index (κ1) is 12.4. The standard InChI is InChI=1S/C11H18N4OS/c1-8-13-11(17-15-8)14-10(16)5-4-9-3-2-6-12-7-9/h9,12H,2-7H2,1H3,(H,13,14,15,16). The van der Waals surface area contributed by atoms with Crippen LogP contribution >= 0.6 is 11.5 Å². The van der Waals surface area contributed by atoms with E-state index in [0.29, 0.717) is 23.3 Å². The maximum Gasteiger partial charge on any atom is 0.226 e. The minimum absolute atomic E-state index is 0.0479. The van der Waals surface area contributed by atoms with E-state index < -0.39 is 0 Å². The molecular formula is C11H18N4OS. The molecule has 1 amide bonds. The van der Waals surface area contributed by atoms with Crippen LogP contribution in [-0.4, -0.2) is 28.4 Å². The van der Waals surface area contributed by atoms with Gasteiger partial charge < -0.3 is 10.6 Å². The molecule has 2 rings (SSSR count). The highest BCUT2D eigenvalue weighted by atomic mass is 32.1. The van der Waals surface area contributed by atoms with Crippen molar-refractivity contribution in [2.75, 3.05) is 18.4 Å². The molecule has 0 aliphatic carbocycles. The molecule has 1 aliphatic heterocycles. The fraction of sp³-hybridized carbons (Fsp3) is 0.727. The molecule has 0 radical (unpaired) electrons. The summed E-state index contributed by atoms with van der Waals surface area (Å²) in [6.07, 6.45) is 3.99. The molecule has 17 heavy (non-hydrogen) atoms. The van der Waals surface area contributed by atoms with Crippen LogP contribution in [0.3, 0.4) is 0 Å². The Hall–Kier alpha value is -1.01. The van der Waals surface area contributed by atoms with Crippen LogP contribution in [0.2, 0.25) is 0 Å². The lowest BCUT2D eigenvalue weighted by Crippen LogP contribution is -2.30. The second kappa shape index (κ2) is 6.07. The summed E-state index contributed by atoms with van der Waals surface area (Å²) in [5.41, 5.74) is 0. The summed E-state index contributed by atoms with van der Waals surface area (Å²) in [6.45, 7) is 3.98. The Morgan fingerprint density at radius 2 is 2.53 bits per heavy atom. The first-order valence-electron chi connectivity index (χ1n) is 6.05. The van der Waals surface area contributed by atoms with Crippen molar-refractivity contribution < 1.29 is 4.79 Å². The molecule has 1 unspecified atom stereocenters. The highest BCUT2D eigenvalue weighted by Gasteiger charge is 2.15. The maximum atomic E-state index is 11.7. The summed E-state index contributed by atoms with van der Waals surface area (Å²) in [7, 11) is 0. The van der Waals surface area contributed by atoms with E-state index in [1.54, 1.807) is 0 Å². The van der Waals surface area contributed by atoms with E-state index in [4.69, 9.17) is 0 Å². The van der Waals surface area contributed by atoms with Gasteiger partial charge in [-0.3, -0.25) is 4.79 Å². The molecule has 0 aromatic carbocycles. The van der Waals surface area contributed by atoms with Gasteiger partial charge in [-0.1, -0.05) is 0 Å². The number of hydrogen-bond donors (Lipinski definition) is 2. The predicted molar refractivity (Wildman–Crippen MR) is 68.1 cm³/mol. The second-order valence-electron chi connectivity index (χ2n) is 4.45. The zero-order chi connectivity index (χ0) is 12.1. The summed E-state index contributed by atoms with van der Waals surface area (Å²) < 4.78 is 4.03. The predicted octanol–water partition coefficient (Wildman–Crippen LogP) is 1.56. The molecule has 2 N–H and O–H groups in total. The molecule has 1 fully saturated rings. The number of piperidine rings is 1. The number of carbonyl (C=O) groups excluding carboxylic acids is 1. The lowest BCUT2D eigenvalue weighted by atomic mass is 9.94. The molecule has 0 bridgehead atoms. The maximum absolute atomic E-state index is 11.7. The van der Waals surface area contributed by atoms with Gasteiger partial charge in [-0.25, -0.2) is 4.98 Å². The van der Waals surface area contributed by atoms with Gasteiger partial charge in [0.2, 0.25) is 11.0 Å². The third-order valence-electron chi connectivity index (χ3n) is 2.95. The lowest BCUT2D eigenvalue weighted by Gasteiger charge is -2.22. The van der Waals surface area contributed by atoms with Crippen LogP contribution in [0.15, 0.2) is 0 Å². The van der Waals surface area contributed by atoms with Gasteiger partial charge >= 0.3 is 0 Å². The molecule has 94 valence electrons. The zero-order valence-electron chi connectivity index (χ0n) is 10.0. The summed E-state index contributed by atoms with van der Waals surface area (Å²) in [5, 5.41) is 6.75. The van der Waals surface area contributed by atoms with Crippen LogP contribution in [0.4, 0.5) is 5.13 Å². The molecule has 1 aromatic heterocycles. The zero-order valence-corrected chi connectivity index (χ0v) is 10.8. The van der Waals surface area contributed by atoms with Crippen molar-refractivity contribution in [2.45, 2.75) is 32.6 Å². The second-order valence-corrected chi connectivity index (χ2v) is 5.20. The van der Waals surface area contributed by atoms with Crippen LogP contribution in [0.25, 0.3) is 0 Å². The first-order chi connectivity index (χ1) is 8.24. The van der Waals surface area contributed by atoms with E-state index in [0.717, 1.165) is 19.5 Å². The third kappa shape index (κ3) is 4.05. The largest absolute Gasteiger partial charge is 0.316 e. The lowest BCUT2D eigenvalue weighted by molar-refractivity contribution is -0.116. The van der Waals surface area contributed by atoms with Gasteiger partial charge in [0.25, 0.3) is 0 Å². The topological polar surface area (TPSA) is 66.9 Å². The van der Waals surface area contributed by atoms with Gasteiger partial charge in [-0.05, 0) is 45.2 Å². The normalized spacial score (nSPS) is 20.2. The van der Waals surface area contributed by atoms with Crippen LogP contribution in [-0.2, 0) is 4.79 Å². The molecule has 0 saturated carbocycles. The SMILES string of the molecule is Cc1nsc(NC(=O)CCC2CCCNC2)n1. The van der Waals surface area contributed by atoms with Crippen molar-refractivity contribution in [3.05, 3.63) is 5.82 Å². The van der Waals surface area contributed by atoms with Crippen molar-refractivity contribution >= 4 is 22.6 Å². The number of nitrogens with zero attached hydrogens (tertiary/aromatic N) is 2. The van der Waals surface area contributed by atoms with E-state index in [-0.39, 0.29) is 5.91 Å². The van der Waals surface area contributed by atoms with E-state index in [1.807, 2.05) is 6.92 Å². The van der Waals surface area contributed by atoms with E-state index in [9.17, 15) is 4.79 Å². The molecular weight excluding hydrogens is 236 g/mol. The third-order valence-corrected chi connectivity index (χ3v) is 3.67. The Morgan fingerprint density at radius 1 is 1.65 bits per heavy atom. The average Bonchev–Trinajstić information content (AvgIpc) is 2.73. The number of anilines is 1. The Bertz CT molecular complexity index is 373. The quantitative estimate of drug-likeness (QED) is 0.856. The smallest absolute Gasteiger partial charge is 0.226 e. The molecule has 1 atom stereocenters. The minimum atomic E-state index is 0.0479. The van der Waals surface area contributed by atoms with Crippen LogP contribution in [0.5, 0.6) is 0 Å². The van der Waals surface area contributed by atoms with Crippen LogP contribution in [0.1, 0.15) is 31.5 Å². The Balaban J connectivity index is 1.70. The van der Waals surface area contributed by atoms with Crippen molar-refractivity contribution in [1.82, 2.24) is 14.7 Å². The molecule has 1 saturated heterocycles. The first-order valence-corrected chi connectivity index (χ1v) is 6.82. The van der Waals surface area contributed by atoms with Gasteiger partial charge in [-0.2, -0.15) is 4.37 Å². The summed E-state index contributed by atoms with van der Waals surface area (Å²) in [5.74, 6) is 1.40. The van der Waals surface area contributed by atoms with E-state index in [1.165, 1.54) is 24.4 Å². The van der Waals surface area contributed by atoms with Gasteiger partial charge in [0, 0.05) is 18.0 Å². The Morgan fingerprint density at radius 3 is 3.18 bits per heavy atom. The molecule has 2 heterocycles. The number of hydrogen-bond acceptors (Lipinski definition) is 5. The molecule has 1 aliphatic rings. The van der Waals surface area contributed by atoms with Gasteiger partial charge in [-0.15, -0.1) is 0 Å². The van der Waals surface area contributed by atoms with Crippen molar-refractivity contribution in [1.29, 1.82) is 0 Å². The van der Waals surface area contributed by atoms with Crippen molar-refractivity contribution in [3.63, 3.8) is 0 Å². The highest BCUT2D eigenvalue weighted by Crippen LogP contribution is 2.17. The van der Waals surface area contributed by atoms with Gasteiger partial charge in [0.15, 0.2) is 0 Å². The Labute approximate surface area is 105 Å². The molecule has 6 heteroatoms. The molecule has 5 nitrogen and oxygen atoms in total. The fourth-order valence-corrected chi connectivity index (χ4v) is 2.63. The van der Waals surface area contributed by atoms with Crippen LogP contribution < -0.4 is 10.6 Å². The fourth-order valence-electron chi connectivity index (χ4n) is 2.04. The number of nitrogens with one attached hydrogen (secondary N) is 2. The number of carbonyl (C=O) groups is 1. The summed E-state index contributed by atoms with van der Waals surface area (Å²) in [4.78, 5) is 15.8. The number of aromatic nitrogens is 2. The summed E-state index contributed by atoms with van der Waals surface area (Å²) in [6, 6.07) is 0. The van der Waals surface area contributed by atoms with Crippen LogP contribution in [0, 0.1) is 12.8 Å². The van der Waals surface area contributed by atoms with Gasteiger partial charge in [0.05, 0.1) is 0 Å². The molecule has 1 aromatic rings. The number of amides is 1. The van der Waals surface area contributed by atoms with Crippen molar-refractivity contribution in [3.8, 4) is 0 Å². The monoisotopic (exact) mass is 254 g/mol. The number of rotatable bonds is 4. The number of aryl methyl sites for hydroxylation is 1. The van der Waals surface area contributed by atoms with E-state index in [2.05, 4.69) is 20.0 Å². The minimum Gasteiger partial charge on any atom is -0.316 e. The van der Waals surface area contributed by atoms with Gasteiger partial charge in [0.1, 0.15) is 5.82 Å².